The first kappa shape index (κ1) is 26.5. The van der Waals surface area contributed by atoms with Gasteiger partial charge in [-0.2, -0.15) is 0 Å². The molecule has 3 heterocycles. The summed E-state index contributed by atoms with van der Waals surface area (Å²) in [7, 11) is 1.38. The van der Waals surface area contributed by atoms with E-state index in [0.29, 0.717) is 47.7 Å². The maximum absolute atomic E-state index is 12.9. The maximum atomic E-state index is 12.9. The lowest BCUT2D eigenvalue weighted by Gasteiger charge is -2.19. The number of hydrogen-bond acceptors (Lipinski definition) is 11. The van der Waals surface area contributed by atoms with Gasteiger partial charge in [0.1, 0.15) is 19.8 Å². The first-order valence-corrected chi connectivity index (χ1v) is 12.5. The van der Waals surface area contributed by atoms with E-state index in [9.17, 15) is 24.5 Å². The predicted octanol–water partition coefficient (Wildman–Crippen LogP) is 4.24. The van der Waals surface area contributed by atoms with Crippen LogP contribution >= 0.6 is 11.8 Å². The van der Waals surface area contributed by atoms with E-state index < -0.39 is 28.5 Å². The van der Waals surface area contributed by atoms with Gasteiger partial charge >= 0.3 is 5.69 Å². The molecule has 0 radical (unpaired) electrons. The molecule has 0 unspecified atom stereocenters. The van der Waals surface area contributed by atoms with Crippen molar-refractivity contribution in [2.75, 3.05) is 32.2 Å². The molecule has 1 fully saturated rings. The summed E-state index contributed by atoms with van der Waals surface area (Å²) in [5.41, 5.74) is 0.605. The number of nitrogens with one attached hydrogen (secondary N) is 1. The molecule has 1 N–H and O–H groups in total. The molecule has 2 aliphatic heterocycles. The summed E-state index contributed by atoms with van der Waals surface area (Å²) in [6.45, 7) is 0.351. The second-order valence-corrected chi connectivity index (χ2v) is 9.26. The van der Waals surface area contributed by atoms with Crippen LogP contribution in [-0.4, -0.2) is 58.7 Å². The third-order valence-corrected chi connectivity index (χ3v) is 6.55. The van der Waals surface area contributed by atoms with Gasteiger partial charge in [0.25, 0.3) is 17.0 Å². The number of imide groups is 1. The molecular weight excluding hydrogens is 544 g/mol. The Balaban J connectivity index is 1.27. The van der Waals surface area contributed by atoms with Crippen LogP contribution in [-0.2, 0) is 9.59 Å². The molecule has 0 bridgehead atoms. The van der Waals surface area contributed by atoms with E-state index in [1.54, 1.807) is 24.3 Å². The molecule has 14 heteroatoms. The second-order valence-electron chi connectivity index (χ2n) is 8.27. The van der Waals surface area contributed by atoms with Crippen LogP contribution in [0.4, 0.5) is 16.2 Å². The summed E-state index contributed by atoms with van der Waals surface area (Å²) < 4.78 is 21.9. The summed E-state index contributed by atoms with van der Waals surface area (Å²) in [5.74, 6) is 0.0203. The van der Waals surface area contributed by atoms with E-state index >= 15 is 0 Å². The number of nitro groups is 1. The zero-order valence-corrected chi connectivity index (χ0v) is 21.6. The molecule has 5 rings (SSSR count). The highest BCUT2D eigenvalue weighted by Gasteiger charge is 2.36. The monoisotopic (exact) mass is 564 g/mol. The number of pyridine rings is 1. The van der Waals surface area contributed by atoms with Gasteiger partial charge in [0.2, 0.25) is 5.91 Å². The molecular formula is C26H20N4O9S. The third kappa shape index (κ3) is 5.66. The fourth-order valence-electron chi connectivity index (χ4n) is 3.82. The first-order valence-electron chi connectivity index (χ1n) is 11.7. The van der Waals surface area contributed by atoms with Gasteiger partial charge in [-0.1, -0.05) is 6.07 Å². The van der Waals surface area contributed by atoms with Gasteiger partial charge in [0, 0.05) is 24.0 Å². The average Bonchev–Trinajstić information content (AvgIpc) is 3.21. The van der Waals surface area contributed by atoms with E-state index in [-0.39, 0.29) is 28.0 Å². The van der Waals surface area contributed by atoms with Crippen molar-refractivity contribution in [3.63, 3.8) is 0 Å². The van der Waals surface area contributed by atoms with Crippen LogP contribution in [0.1, 0.15) is 5.56 Å². The summed E-state index contributed by atoms with van der Waals surface area (Å²) in [6.07, 6.45) is 2.83. The van der Waals surface area contributed by atoms with Crippen molar-refractivity contribution in [1.29, 1.82) is 0 Å². The van der Waals surface area contributed by atoms with Gasteiger partial charge in [-0.15, -0.1) is 0 Å². The fraction of sp³-hybridized carbons (Fsp3) is 0.154. The van der Waals surface area contributed by atoms with E-state index in [1.165, 1.54) is 43.6 Å². The normalized spacial score (nSPS) is 15.2. The van der Waals surface area contributed by atoms with E-state index in [1.807, 2.05) is 0 Å². The number of amides is 3. The highest BCUT2D eigenvalue weighted by molar-refractivity contribution is 8.18. The number of anilines is 1. The molecule has 2 aromatic carbocycles. The number of ether oxygens (including phenoxy) is 4. The maximum Gasteiger partial charge on any atom is 0.331 e. The van der Waals surface area contributed by atoms with Gasteiger partial charge in [0.15, 0.2) is 23.0 Å². The van der Waals surface area contributed by atoms with Crippen LogP contribution in [0.5, 0.6) is 28.9 Å². The number of nitrogens with zero attached hydrogens (tertiary/aromatic N) is 3. The molecule has 3 aromatic rings. The molecule has 1 saturated heterocycles. The third-order valence-electron chi connectivity index (χ3n) is 5.64. The van der Waals surface area contributed by atoms with Crippen molar-refractivity contribution in [2.24, 2.45) is 0 Å². The minimum atomic E-state index is -0.629. The van der Waals surface area contributed by atoms with E-state index in [0.717, 1.165) is 4.90 Å². The Labute approximate surface area is 230 Å². The Morgan fingerprint density at radius 2 is 1.95 bits per heavy atom. The topological polar surface area (TPSA) is 159 Å². The SMILES string of the molecule is COc1cc(/C=C2\SC(=O)N(CC(=O)Nc3ccc4c(c3)OCCO4)C2=O)ccc1Oc1ncccc1[N+](=O)[O-]. The van der Waals surface area contributed by atoms with Gasteiger partial charge < -0.3 is 24.3 Å². The van der Waals surface area contributed by atoms with E-state index in [4.69, 9.17) is 18.9 Å². The molecule has 3 amide bonds. The van der Waals surface area contributed by atoms with Crippen LogP contribution in [0, 0.1) is 10.1 Å². The lowest BCUT2D eigenvalue weighted by Crippen LogP contribution is -2.36. The Kier molecular flexibility index (Phi) is 7.50. The van der Waals surface area contributed by atoms with Crippen molar-refractivity contribution < 1.29 is 38.3 Å². The number of fused-ring (bicyclic) bond motifs is 1. The summed E-state index contributed by atoms with van der Waals surface area (Å²) in [5, 5.41) is 13.3. The summed E-state index contributed by atoms with van der Waals surface area (Å²) in [4.78, 5) is 53.6. The molecule has 204 valence electrons. The van der Waals surface area contributed by atoms with Crippen molar-refractivity contribution in [1.82, 2.24) is 9.88 Å². The molecule has 13 nitrogen and oxygen atoms in total. The van der Waals surface area contributed by atoms with Crippen LogP contribution in [0.15, 0.2) is 59.6 Å². The molecule has 0 spiro atoms. The van der Waals surface area contributed by atoms with Gasteiger partial charge in [-0.25, -0.2) is 4.98 Å². The zero-order chi connectivity index (χ0) is 28.2. The number of thioether (sulfide) groups is 1. The van der Waals surface area contributed by atoms with Crippen LogP contribution < -0.4 is 24.3 Å². The number of rotatable bonds is 8. The van der Waals surface area contributed by atoms with Gasteiger partial charge in [-0.3, -0.25) is 29.4 Å². The first-order chi connectivity index (χ1) is 19.3. The Morgan fingerprint density at radius 3 is 2.73 bits per heavy atom. The molecule has 1 aromatic heterocycles. The van der Waals surface area contributed by atoms with Crippen LogP contribution in [0.3, 0.4) is 0 Å². The van der Waals surface area contributed by atoms with Crippen molar-refractivity contribution in [2.45, 2.75) is 0 Å². The minimum Gasteiger partial charge on any atom is -0.493 e. The minimum absolute atomic E-state index is 0.105. The van der Waals surface area contributed by atoms with Crippen molar-refractivity contribution >= 4 is 46.3 Å². The number of methoxy groups -OCH3 is 1. The molecule has 2 aliphatic rings. The smallest absolute Gasteiger partial charge is 0.331 e. The highest BCUT2D eigenvalue weighted by atomic mass is 32.2. The highest BCUT2D eigenvalue weighted by Crippen LogP contribution is 2.38. The number of aromatic nitrogens is 1. The second kappa shape index (κ2) is 11.3. The number of benzene rings is 2. The van der Waals surface area contributed by atoms with Crippen LogP contribution in [0.2, 0.25) is 0 Å². The number of carbonyl (C=O) groups excluding carboxylic acids is 3. The molecule has 40 heavy (non-hydrogen) atoms. The molecule has 0 aliphatic carbocycles. The number of carbonyl (C=O) groups is 3. The quantitative estimate of drug-likeness (QED) is 0.237. The lowest BCUT2D eigenvalue weighted by molar-refractivity contribution is -0.386. The van der Waals surface area contributed by atoms with Gasteiger partial charge in [-0.05, 0) is 53.7 Å². The Bertz CT molecular complexity index is 1560. The predicted molar refractivity (Wildman–Crippen MR) is 143 cm³/mol. The zero-order valence-electron chi connectivity index (χ0n) is 20.8. The largest absolute Gasteiger partial charge is 0.493 e. The Hall–Kier alpha value is -5.11. The van der Waals surface area contributed by atoms with Gasteiger partial charge in [0.05, 0.1) is 16.9 Å². The van der Waals surface area contributed by atoms with E-state index in [2.05, 4.69) is 10.3 Å². The molecule has 0 saturated carbocycles. The van der Waals surface area contributed by atoms with Crippen LogP contribution in [0.25, 0.3) is 6.08 Å². The van der Waals surface area contributed by atoms with Crippen molar-refractivity contribution in [3.8, 4) is 28.9 Å². The van der Waals surface area contributed by atoms with Crippen molar-refractivity contribution in [3.05, 3.63) is 75.3 Å². The summed E-state index contributed by atoms with van der Waals surface area (Å²) in [6, 6.07) is 12.2. The number of hydrogen-bond donors (Lipinski definition) is 1. The molecule has 0 atom stereocenters. The summed E-state index contributed by atoms with van der Waals surface area (Å²) >= 11 is 0.694. The Morgan fingerprint density at radius 1 is 1.15 bits per heavy atom. The fourth-order valence-corrected chi connectivity index (χ4v) is 4.65. The average molecular weight is 565 g/mol. The lowest BCUT2D eigenvalue weighted by atomic mass is 10.2. The standard InChI is InChI=1S/C26H20N4O9S/c1-36-20-11-15(4-6-19(20)39-24-17(30(34)35)3-2-8-27-24)12-22-25(32)29(26(33)40-22)14-23(31)28-16-5-7-18-21(13-16)38-10-9-37-18/h2-8,11-13H,9-10,14H2,1H3,(H,28,31)/b22-12-.